The lowest BCUT2D eigenvalue weighted by Crippen LogP contribution is -2.65. The van der Waals surface area contributed by atoms with Crippen LogP contribution >= 0.6 is 11.6 Å². The van der Waals surface area contributed by atoms with Crippen LogP contribution in [0, 0.1) is 5.41 Å². The van der Waals surface area contributed by atoms with Crippen molar-refractivity contribution in [3.05, 3.63) is 56.0 Å². The van der Waals surface area contributed by atoms with Crippen LogP contribution in [0.2, 0.25) is 5.02 Å². The van der Waals surface area contributed by atoms with Gasteiger partial charge in [0.1, 0.15) is 0 Å². The molecule has 1 spiro atoms. The van der Waals surface area contributed by atoms with E-state index in [1.165, 1.54) is 11.0 Å². The Morgan fingerprint density at radius 2 is 1.88 bits per heavy atom. The molecule has 1 saturated heterocycles. The number of benzene rings is 1. The maximum atomic E-state index is 13.8. The largest absolute Gasteiger partial charge is 0.417 e. The van der Waals surface area contributed by atoms with E-state index in [1.54, 1.807) is 23.4 Å². The van der Waals surface area contributed by atoms with E-state index in [0.29, 0.717) is 30.3 Å². The summed E-state index contributed by atoms with van der Waals surface area (Å²) in [5.41, 5.74) is -0.417. The molecule has 1 atom stereocenters. The molecule has 5 rings (SSSR count). The van der Waals surface area contributed by atoms with Gasteiger partial charge in [0.2, 0.25) is 5.95 Å². The predicted molar refractivity (Wildman–Crippen MR) is 143 cm³/mol. The molecule has 0 bridgehead atoms. The zero-order valence-corrected chi connectivity index (χ0v) is 23.5. The van der Waals surface area contributed by atoms with Gasteiger partial charge in [-0.3, -0.25) is 14.2 Å². The zero-order valence-electron chi connectivity index (χ0n) is 22.7. The van der Waals surface area contributed by atoms with Crippen molar-refractivity contribution in [1.29, 1.82) is 0 Å². The standard InChI is InChI=1S/C27H32ClF3N6O3/c1-14(2)33-24-34-21-11-36(22(38)16-5-6-20(28)19(8-16)27(29,30)31)15(3)7-18(21)23(39)37(24)17-9-26(10-17)12-35(13-26)25(40)32-4/h5-6,8,14-15,17H,7,9-13H2,1-4H3,(H,32,40)(H,33,34)/t15-/m1/s1. The van der Waals surface area contributed by atoms with E-state index < -0.39 is 28.7 Å². The Labute approximate surface area is 234 Å². The third kappa shape index (κ3) is 4.90. The van der Waals surface area contributed by atoms with Gasteiger partial charge in [0.25, 0.3) is 11.5 Å². The van der Waals surface area contributed by atoms with Gasteiger partial charge in [-0.1, -0.05) is 11.6 Å². The molecule has 2 N–H and O–H groups in total. The number of hydrogen-bond donors (Lipinski definition) is 2. The summed E-state index contributed by atoms with van der Waals surface area (Å²) in [6, 6.07) is 2.49. The van der Waals surface area contributed by atoms with Crippen molar-refractivity contribution in [2.45, 2.75) is 70.9 Å². The molecule has 9 nitrogen and oxygen atoms in total. The number of urea groups is 1. The SMILES string of the molecule is CNC(=O)N1CC2(CC(n3c(NC(C)C)nc4c(c3=O)C[C@@H](C)N(C(=O)c3ccc(Cl)c(C(F)(F)F)c3)C4)C2)C1. The van der Waals surface area contributed by atoms with Gasteiger partial charge in [-0.2, -0.15) is 13.2 Å². The number of carbonyl (C=O) groups is 2. The Morgan fingerprint density at radius 3 is 2.48 bits per heavy atom. The lowest BCUT2D eigenvalue weighted by molar-refractivity contribution is -0.137. The quantitative estimate of drug-likeness (QED) is 0.562. The second-order valence-electron chi connectivity index (χ2n) is 11.5. The zero-order chi connectivity index (χ0) is 29.1. The number of aromatic nitrogens is 2. The first-order chi connectivity index (χ1) is 18.7. The number of anilines is 1. The monoisotopic (exact) mass is 580 g/mol. The van der Waals surface area contributed by atoms with Gasteiger partial charge in [-0.05, 0) is 58.2 Å². The van der Waals surface area contributed by atoms with Gasteiger partial charge in [-0.15, -0.1) is 0 Å². The van der Waals surface area contributed by atoms with Gasteiger partial charge in [0, 0.05) is 54.8 Å². The van der Waals surface area contributed by atoms with Crippen molar-refractivity contribution < 1.29 is 22.8 Å². The number of carbonyl (C=O) groups excluding carboxylic acids is 2. The first-order valence-electron chi connectivity index (χ1n) is 13.3. The molecule has 1 aromatic heterocycles. The molecule has 3 aliphatic rings. The number of nitrogens with one attached hydrogen (secondary N) is 2. The number of alkyl halides is 3. The average Bonchev–Trinajstić information content (AvgIpc) is 2.82. The highest BCUT2D eigenvalue weighted by atomic mass is 35.5. The highest BCUT2D eigenvalue weighted by molar-refractivity contribution is 6.31. The van der Waals surface area contributed by atoms with E-state index in [2.05, 4.69) is 10.6 Å². The number of halogens is 4. The van der Waals surface area contributed by atoms with E-state index >= 15 is 0 Å². The molecule has 2 aromatic rings. The number of hydrogen-bond acceptors (Lipinski definition) is 5. The van der Waals surface area contributed by atoms with Crippen molar-refractivity contribution in [3.63, 3.8) is 0 Å². The molecule has 2 fully saturated rings. The fourth-order valence-corrected chi connectivity index (χ4v) is 6.36. The lowest BCUT2D eigenvalue weighted by atomic mass is 9.60. The van der Waals surface area contributed by atoms with Crippen molar-refractivity contribution in [2.75, 3.05) is 25.5 Å². The molecule has 2 aliphatic heterocycles. The summed E-state index contributed by atoms with van der Waals surface area (Å²) in [6.45, 7) is 6.93. The predicted octanol–water partition coefficient (Wildman–Crippen LogP) is 4.30. The summed E-state index contributed by atoms with van der Waals surface area (Å²) >= 11 is 5.74. The van der Waals surface area contributed by atoms with Gasteiger partial charge in [0.15, 0.2) is 0 Å². The summed E-state index contributed by atoms with van der Waals surface area (Å²) in [5, 5.41) is 5.42. The highest BCUT2D eigenvalue weighted by Crippen LogP contribution is 2.54. The fourth-order valence-electron chi connectivity index (χ4n) is 6.13. The second-order valence-corrected chi connectivity index (χ2v) is 11.9. The van der Waals surface area contributed by atoms with Crippen LogP contribution in [0.1, 0.15) is 66.8 Å². The summed E-state index contributed by atoms with van der Waals surface area (Å²) in [7, 11) is 1.60. The van der Waals surface area contributed by atoms with Crippen molar-refractivity contribution >= 4 is 29.5 Å². The van der Waals surface area contributed by atoms with Crippen LogP contribution in [0.25, 0.3) is 0 Å². The Kier molecular flexibility index (Phi) is 7.04. The third-order valence-electron chi connectivity index (χ3n) is 8.10. The minimum absolute atomic E-state index is 0.00212. The molecular weight excluding hydrogens is 549 g/mol. The van der Waals surface area contributed by atoms with E-state index in [9.17, 15) is 27.6 Å². The number of likely N-dealkylation sites (tertiary alicyclic amines) is 1. The molecule has 1 saturated carbocycles. The molecule has 3 amide bonds. The minimum atomic E-state index is -4.70. The van der Waals surface area contributed by atoms with Gasteiger partial charge in [0.05, 0.1) is 22.8 Å². The molecule has 1 aliphatic carbocycles. The maximum absolute atomic E-state index is 13.8. The van der Waals surface area contributed by atoms with Gasteiger partial charge >= 0.3 is 12.2 Å². The first kappa shape index (κ1) is 28.3. The first-order valence-corrected chi connectivity index (χ1v) is 13.7. The van der Waals surface area contributed by atoms with Crippen LogP contribution in [0.3, 0.4) is 0 Å². The van der Waals surface area contributed by atoms with Crippen LogP contribution in [-0.2, 0) is 19.1 Å². The average molecular weight is 581 g/mol. The molecule has 0 radical (unpaired) electrons. The normalized spacial score (nSPS) is 20.2. The van der Waals surface area contributed by atoms with Crippen LogP contribution in [0.4, 0.5) is 23.9 Å². The van der Waals surface area contributed by atoms with Crippen LogP contribution < -0.4 is 16.2 Å². The van der Waals surface area contributed by atoms with E-state index in [-0.39, 0.29) is 47.6 Å². The van der Waals surface area contributed by atoms with E-state index in [1.807, 2.05) is 13.8 Å². The minimum Gasteiger partial charge on any atom is -0.353 e. The number of rotatable bonds is 4. The summed E-state index contributed by atoms with van der Waals surface area (Å²) in [5.74, 6) is -0.176. The van der Waals surface area contributed by atoms with Gasteiger partial charge < -0.3 is 20.4 Å². The summed E-state index contributed by atoms with van der Waals surface area (Å²) in [4.78, 5) is 47.1. The van der Waals surface area contributed by atoms with E-state index in [4.69, 9.17) is 16.6 Å². The molecule has 216 valence electrons. The molecule has 40 heavy (non-hydrogen) atoms. The molecule has 0 unspecified atom stereocenters. The van der Waals surface area contributed by atoms with Crippen molar-refractivity contribution in [2.24, 2.45) is 5.41 Å². The lowest BCUT2D eigenvalue weighted by Gasteiger charge is -2.59. The molecule has 13 heteroatoms. The van der Waals surface area contributed by atoms with Crippen LogP contribution in [-0.4, -0.2) is 63.5 Å². The van der Waals surface area contributed by atoms with Crippen molar-refractivity contribution in [1.82, 2.24) is 24.7 Å². The molecular formula is C27H32ClF3N6O3. The fraction of sp³-hybridized carbons (Fsp3) is 0.556. The molecule has 1 aromatic carbocycles. The third-order valence-corrected chi connectivity index (χ3v) is 8.43. The summed E-state index contributed by atoms with van der Waals surface area (Å²) < 4.78 is 41.9. The van der Waals surface area contributed by atoms with E-state index in [0.717, 1.165) is 25.0 Å². The Bertz CT molecular complexity index is 1410. The number of amides is 3. The van der Waals surface area contributed by atoms with Crippen LogP contribution in [0.5, 0.6) is 0 Å². The van der Waals surface area contributed by atoms with Gasteiger partial charge in [-0.25, -0.2) is 9.78 Å². The topological polar surface area (TPSA) is 99.6 Å². The van der Waals surface area contributed by atoms with Crippen molar-refractivity contribution in [3.8, 4) is 0 Å². The number of nitrogens with zero attached hydrogens (tertiary/aromatic N) is 4. The highest BCUT2D eigenvalue weighted by Gasteiger charge is 2.55. The Hall–Kier alpha value is -3.28. The Morgan fingerprint density at radius 1 is 1.20 bits per heavy atom. The Balaban J connectivity index is 1.42. The summed E-state index contributed by atoms with van der Waals surface area (Å²) in [6.07, 6.45) is -2.95. The maximum Gasteiger partial charge on any atom is 0.417 e. The smallest absolute Gasteiger partial charge is 0.353 e. The number of fused-ring (bicyclic) bond motifs is 1. The molecule has 3 heterocycles. The second kappa shape index (κ2) is 9.97. The van der Waals surface area contributed by atoms with Crippen LogP contribution in [0.15, 0.2) is 23.0 Å².